The summed E-state index contributed by atoms with van der Waals surface area (Å²) in [4.78, 5) is 147. The molecule has 0 aliphatic heterocycles. The number of aromatic nitrogens is 4. The molecule has 0 aliphatic carbocycles. The van der Waals surface area contributed by atoms with Crippen LogP contribution in [0.3, 0.4) is 0 Å². The molecule has 0 saturated carbocycles. The lowest BCUT2D eigenvalue weighted by Gasteiger charge is -2.21. The van der Waals surface area contributed by atoms with Crippen molar-refractivity contribution in [3.63, 3.8) is 0 Å². The molecule has 26 nitrogen and oxygen atoms in total. The van der Waals surface area contributed by atoms with E-state index in [1.807, 2.05) is 137 Å². The predicted molar refractivity (Wildman–Crippen MR) is 394 cm³/mol. The van der Waals surface area contributed by atoms with Crippen LogP contribution in [0, 0.1) is 11.8 Å². The van der Waals surface area contributed by atoms with Crippen LogP contribution in [0.15, 0.2) is 158 Å². The standard InChI is InChI=1S/C78H86N12O14/c1-45(2)35-65(77(99)100)89-73(95)47-21-24-62(68(39-47)104-34-30-49-42-82-59-18-10-6-14-54(49)59)88-76(98)64(38-51-44-84-61-20-12-8-16-56(51)61)87-72(94)28-26-70(92)80-32-31-79-69(91)25-27-71(93)86-63(37-50-43-83-60-19-11-7-15-55(50)60)75(97)85-52-22-23-57(74(96)90-66(78(101)102)36-46(3)4)67(40-52)103-33-29-48-41-81-58-17-9-5-13-53(48)58/h5-24,39-46,63-66,81-84H,25-38H2,1-4H3,(H,79,91)(H,80,92)(H,85,97)(H,86,93)(H,87,94)(H,88,98)(H,89,95)(H,90,96)(H,99,100)(H,101,102)/t63-,64-,65-,66-/m0/s1. The number of hydrogen-bond donors (Lipinski definition) is 14. The number of fused-ring (bicyclic) bond motifs is 4. The molecule has 0 saturated heterocycles. The summed E-state index contributed by atoms with van der Waals surface area (Å²) >= 11 is 0. The number of hydrogen-bond acceptors (Lipinski definition) is 12. The molecule has 8 amide bonds. The molecule has 0 aliphatic rings. The second kappa shape index (κ2) is 35.4. The van der Waals surface area contributed by atoms with Crippen molar-refractivity contribution >= 4 is 114 Å². The molecule has 4 aromatic heterocycles. The number of para-hydroxylation sites is 4. The van der Waals surface area contributed by atoms with Crippen LogP contribution in [-0.2, 0) is 64.0 Å². The van der Waals surface area contributed by atoms with Crippen LogP contribution >= 0.6 is 0 Å². The minimum absolute atomic E-state index is 0.0177. The fourth-order valence-corrected chi connectivity index (χ4v) is 12.4. The first-order chi connectivity index (χ1) is 50.1. The van der Waals surface area contributed by atoms with Gasteiger partial charge in [0, 0.05) is 150 Å². The Labute approximate surface area is 599 Å². The zero-order valence-electron chi connectivity index (χ0n) is 58.2. The Morgan fingerprint density at radius 1 is 0.413 bits per heavy atom. The van der Waals surface area contributed by atoms with Crippen LogP contribution in [0.1, 0.15) is 109 Å². The first kappa shape index (κ1) is 74.5. The van der Waals surface area contributed by atoms with Gasteiger partial charge in [-0.05, 0) is 102 Å². The van der Waals surface area contributed by atoms with E-state index in [2.05, 4.69) is 62.5 Å². The molecule has 6 aromatic carbocycles. The van der Waals surface area contributed by atoms with Crippen molar-refractivity contribution in [3.8, 4) is 11.5 Å². The third-order valence-electron chi connectivity index (χ3n) is 17.7. The molecule has 0 radical (unpaired) electrons. The van der Waals surface area contributed by atoms with Gasteiger partial charge in [0.1, 0.15) is 35.7 Å². The van der Waals surface area contributed by atoms with Gasteiger partial charge in [-0.15, -0.1) is 0 Å². The topological polar surface area (TPSA) is 389 Å². The Kier molecular flexibility index (Phi) is 25.3. The normalized spacial score (nSPS) is 12.5. The zero-order valence-corrected chi connectivity index (χ0v) is 58.2. The number of aliphatic carboxylic acids is 2. The minimum Gasteiger partial charge on any atom is -0.492 e. The van der Waals surface area contributed by atoms with Crippen LogP contribution in [0.25, 0.3) is 43.6 Å². The Morgan fingerprint density at radius 2 is 0.817 bits per heavy atom. The van der Waals surface area contributed by atoms with Gasteiger partial charge in [-0.1, -0.05) is 100 Å². The fourth-order valence-electron chi connectivity index (χ4n) is 12.4. The van der Waals surface area contributed by atoms with Crippen molar-refractivity contribution in [1.29, 1.82) is 0 Å². The number of H-pyrrole nitrogens is 4. The number of ether oxygens (including phenoxy) is 2. The van der Waals surface area contributed by atoms with E-state index in [-0.39, 0.29) is 124 Å². The molecule has 0 bridgehead atoms. The summed E-state index contributed by atoms with van der Waals surface area (Å²) in [7, 11) is 0. The van der Waals surface area contributed by atoms with E-state index in [0.717, 1.165) is 54.7 Å². The first-order valence-electron chi connectivity index (χ1n) is 34.7. The van der Waals surface area contributed by atoms with Gasteiger partial charge >= 0.3 is 11.9 Å². The van der Waals surface area contributed by atoms with Crippen molar-refractivity contribution in [2.75, 3.05) is 36.9 Å². The number of aromatic amines is 4. The third-order valence-corrected chi connectivity index (χ3v) is 17.7. The average molecular weight is 1420 g/mol. The van der Waals surface area contributed by atoms with Crippen LogP contribution in [0.5, 0.6) is 11.5 Å². The van der Waals surface area contributed by atoms with Crippen molar-refractivity contribution < 1.29 is 67.6 Å². The van der Waals surface area contributed by atoms with E-state index in [9.17, 15) is 58.2 Å². The van der Waals surface area contributed by atoms with Gasteiger partial charge in [0.05, 0.1) is 24.5 Å². The Morgan fingerprint density at radius 3 is 1.27 bits per heavy atom. The van der Waals surface area contributed by atoms with Crippen molar-refractivity contribution in [2.24, 2.45) is 11.8 Å². The van der Waals surface area contributed by atoms with Crippen molar-refractivity contribution in [3.05, 3.63) is 192 Å². The molecule has 0 unspecified atom stereocenters. The number of nitrogens with one attached hydrogen (secondary N) is 12. The third kappa shape index (κ3) is 20.3. The number of carbonyl (C=O) groups excluding carboxylic acids is 8. The summed E-state index contributed by atoms with van der Waals surface area (Å²) in [5, 5.41) is 45.4. The molecule has 14 N–H and O–H groups in total. The molecule has 542 valence electrons. The van der Waals surface area contributed by atoms with E-state index >= 15 is 0 Å². The number of carbonyl (C=O) groups is 10. The van der Waals surface area contributed by atoms with Crippen LogP contribution in [0.2, 0.25) is 0 Å². The van der Waals surface area contributed by atoms with Gasteiger partial charge in [-0.2, -0.15) is 0 Å². The molecule has 104 heavy (non-hydrogen) atoms. The van der Waals surface area contributed by atoms with Gasteiger partial charge < -0.3 is 82.2 Å². The minimum atomic E-state index is -1.20. The van der Waals surface area contributed by atoms with Crippen LogP contribution in [-0.4, -0.2) is 140 Å². The maximum atomic E-state index is 14.5. The first-order valence-corrected chi connectivity index (χ1v) is 34.7. The van der Waals surface area contributed by atoms with Gasteiger partial charge in [-0.25, -0.2) is 9.59 Å². The summed E-state index contributed by atoms with van der Waals surface area (Å²) in [5.41, 5.74) is 7.33. The highest BCUT2D eigenvalue weighted by molar-refractivity contribution is 6.03. The van der Waals surface area contributed by atoms with E-state index in [1.54, 1.807) is 12.4 Å². The summed E-state index contributed by atoms with van der Waals surface area (Å²) in [6, 6.07) is 34.4. The highest BCUT2D eigenvalue weighted by Gasteiger charge is 2.30. The van der Waals surface area contributed by atoms with Gasteiger partial charge in [0.25, 0.3) is 11.8 Å². The maximum absolute atomic E-state index is 14.5. The van der Waals surface area contributed by atoms with E-state index in [0.29, 0.717) is 24.0 Å². The molecule has 26 heteroatoms. The second-order valence-corrected chi connectivity index (χ2v) is 26.4. The average Bonchev–Trinajstić information content (AvgIpc) is 1.37. The quantitative estimate of drug-likeness (QED) is 0.0161. The Bertz CT molecular complexity index is 4760. The molecule has 10 aromatic rings. The highest BCUT2D eigenvalue weighted by Crippen LogP contribution is 2.31. The highest BCUT2D eigenvalue weighted by atomic mass is 16.5. The van der Waals surface area contributed by atoms with Crippen LogP contribution < -0.4 is 52.0 Å². The lowest BCUT2D eigenvalue weighted by molar-refractivity contribution is -0.140. The molecule has 0 fully saturated rings. The van der Waals surface area contributed by atoms with E-state index in [4.69, 9.17) is 9.47 Å². The van der Waals surface area contributed by atoms with Crippen molar-refractivity contribution in [1.82, 2.24) is 51.8 Å². The fraction of sp³-hybridized carbons (Fsp3) is 0.308. The number of carboxylic acid groups (broad SMARTS) is 2. The molecular weight excluding hydrogens is 1330 g/mol. The number of amides is 8. The molecular formula is C78H86N12O14. The number of anilines is 2. The lowest BCUT2D eigenvalue weighted by Crippen LogP contribution is -2.45. The van der Waals surface area contributed by atoms with Gasteiger partial charge in [-0.3, -0.25) is 38.4 Å². The predicted octanol–water partition coefficient (Wildman–Crippen LogP) is 9.14. The van der Waals surface area contributed by atoms with Crippen molar-refractivity contribution in [2.45, 2.75) is 116 Å². The van der Waals surface area contributed by atoms with Gasteiger partial charge in [0.2, 0.25) is 35.4 Å². The second-order valence-electron chi connectivity index (χ2n) is 26.4. The summed E-state index contributed by atoms with van der Waals surface area (Å²) < 4.78 is 12.6. The van der Waals surface area contributed by atoms with E-state index in [1.165, 1.54) is 36.4 Å². The summed E-state index contributed by atoms with van der Waals surface area (Å²) in [6.07, 6.45) is 7.30. The Hall–Kier alpha value is -12.2. The summed E-state index contributed by atoms with van der Waals surface area (Å²) in [5.74, 6) is -7.18. The zero-order chi connectivity index (χ0) is 73.8. The van der Waals surface area contributed by atoms with E-state index < -0.39 is 83.4 Å². The monoisotopic (exact) mass is 1410 g/mol. The Balaban J connectivity index is 0.736. The largest absolute Gasteiger partial charge is 0.492 e. The van der Waals surface area contributed by atoms with Gasteiger partial charge in [0.15, 0.2) is 0 Å². The number of benzene rings is 6. The number of rotatable bonds is 37. The number of carboxylic acids is 2. The molecule has 0 spiro atoms. The molecule has 10 rings (SSSR count). The molecule has 4 heterocycles. The smallest absolute Gasteiger partial charge is 0.326 e. The molecule has 4 atom stereocenters. The lowest BCUT2D eigenvalue weighted by atomic mass is 10.0. The summed E-state index contributed by atoms with van der Waals surface area (Å²) in [6.45, 7) is 7.53. The SMILES string of the molecule is CC(C)C[C@H](NC(=O)c1ccc(NC(=O)[C@H](Cc2c[nH]c3ccccc23)NC(=O)CCC(=O)NCCNC(=O)CCC(=O)N[C@@H](Cc2c[nH]c3ccccc23)C(=O)Nc2ccc(C(=O)N[C@@H](CC(C)C)C(=O)O)c(OCCc3c[nH]c4ccccc34)c2)c(OCCc2c[nH]c3ccccc23)c1)C(=O)O. The maximum Gasteiger partial charge on any atom is 0.326 e. The van der Waals surface area contributed by atoms with Crippen LogP contribution in [0.4, 0.5) is 11.4 Å².